The lowest BCUT2D eigenvalue weighted by Crippen LogP contribution is -2.14. The van der Waals surface area contributed by atoms with Crippen molar-refractivity contribution in [1.29, 1.82) is 0 Å². The Hall–Kier alpha value is -2.46. The van der Waals surface area contributed by atoms with Gasteiger partial charge in [0.05, 0.1) is 12.1 Å². The number of nitrogens with one attached hydrogen (secondary N) is 1. The normalized spacial score (nSPS) is 11.2. The first-order valence-corrected chi connectivity index (χ1v) is 10.2. The molecular weight excluding hydrogens is 352 g/mol. The lowest BCUT2D eigenvalue weighted by Gasteiger charge is -2.07. The minimum atomic E-state index is -0.0386. The topological polar surface area (TPSA) is 42.0 Å². The van der Waals surface area contributed by atoms with E-state index in [-0.39, 0.29) is 5.91 Å². The first-order chi connectivity index (χ1) is 12.9. The van der Waals surface area contributed by atoms with E-state index in [1.54, 1.807) is 0 Å². The summed E-state index contributed by atoms with van der Waals surface area (Å²) in [6.07, 6.45) is 0.358. The highest BCUT2D eigenvalue weighted by molar-refractivity contribution is 7.14. The highest BCUT2D eigenvalue weighted by Crippen LogP contribution is 2.26. The molecule has 27 heavy (non-hydrogen) atoms. The third-order valence-electron chi connectivity index (χ3n) is 4.63. The molecule has 2 aromatic carbocycles. The Kier molecular flexibility index (Phi) is 6.07. The number of hydrogen-bond donors (Lipinski definition) is 1. The van der Waals surface area contributed by atoms with Crippen molar-refractivity contribution in [2.24, 2.45) is 0 Å². The summed E-state index contributed by atoms with van der Waals surface area (Å²) >= 11 is 1.46. The average molecular weight is 379 g/mol. The van der Waals surface area contributed by atoms with E-state index in [1.165, 1.54) is 22.5 Å². The van der Waals surface area contributed by atoms with E-state index < -0.39 is 0 Å². The Bertz CT molecular complexity index is 893. The lowest BCUT2D eigenvalue weighted by atomic mass is 10.0. The van der Waals surface area contributed by atoms with Crippen LogP contribution in [0.25, 0.3) is 11.3 Å². The van der Waals surface area contributed by atoms with Crippen molar-refractivity contribution in [3.05, 3.63) is 70.6 Å². The molecule has 0 aliphatic heterocycles. The van der Waals surface area contributed by atoms with E-state index in [0.29, 0.717) is 23.4 Å². The molecule has 0 bridgehead atoms. The molecule has 3 rings (SSSR count). The zero-order chi connectivity index (χ0) is 19.4. The van der Waals surface area contributed by atoms with E-state index in [9.17, 15) is 4.79 Å². The summed E-state index contributed by atoms with van der Waals surface area (Å²) in [6, 6.07) is 16.7. The maximum Gasteiger partial charge on any atom is 0.230 e. The first-order valence-electron chi connectivity index (χ1n) is 9.37. The average Bonchev–Trinajstić information content (AvgIpc) is 3.10. The fourth-order valence-corrected chi connectivity index (χ4v) is 3.61. The smallest absolute Gasteiger partial charge is 0.230 e. The molecule has 1 amide bonds. The zero-order valence-electron chi connectivity index (χ0n) is 16.3. The van der Waals surface area contributed by atoms with E-state index in [4.69, 9.17) is 0 Å². The molecular formula is C23H26N2OS. The van der Waals surface area contributed by atoms with Gasteiger partial charge in [-0.2, -0.15) is 0 Å². The Balaban J connectivity index is 1.62. The van der Waals surface area contributed by atoms with Crippen LogP contribution >= 0.6 is 11.3 Å². The van der Waals surface area contributed by atoms with E-state index >= 15 is 0 Å². The largest absolute Gasteiger partial charge is 0.302 e. The number of thiazole rings is 1. The van der Waals surface area contributed by atoms with Crippen LogP contribution in [0, 0.1) is 0 Å². The molecule has 1 N–H and O–H groups in total. The number of rotatable bonds is 6. The second-order valence-electron chi connectivity index (χ2n) is 7.44. The van der Waals surface area contributed by atoms with Crippen molar-refractivity contribution in [2.75, 3.05) is 5.32 Å². The monoisotopic (exact) mass is 378 g/mol. The second-order valence-corrected chi connectivity index (χ2v) is 8.29. The molecule has 3 nitrogen and oxygen atoms in total. The lowest BCUT2D eigenvalue weighted by molar-refractivity contribution is -0.115. The summed E-state index contributed by atoms with van der Waals surface area (Å²) in [6.45, 7) is 8.69. The van der Waals surface area contributed by atoms with Crippen LogP contribution in [0.5, 0.6) is 0 Å². The standard InChI is InChI=1S/C23H26N2OS/c1-15(2)18-7-5-17(6-8-18)13-22(26)25-23-24-21(14-27-23)20-11-9-19(10-12-20)16(3)4/h5-12,14-16H,13H2,1-4H3,(H,24,25,26). The number of aromatic nitrogens is 1. The van der Waals surface area contributed by atoms with Crippen molar-refractivity contribution in [2.45, 2.75) is 46.0 Å². The number of carbonyl (C=O) groups is 1. The molecule has 0 saturated heterocycles. The molecule has 140 valence electrons. The molecule has 0 atom stereocenters. The molecule has 1 aromatic heterocycles. The number of anilines is 1. The number of amides is 1. The Morgan fingerprint density at radius 3 is 2.04 bits per heavy atom. The van der Waals surface area contributed by atoms with Gasteiger partial charge in [0.25, 0.3) is 0 Å². The predicted octanol–water partition coefficient (Wildman–Crippen LogP) is 6.24. The van der Waals surface area contributed by atoms with Gasteiger partial charge in [0.15, 0.2) is 5.13 Å². The molecule has 0 unspecified atom stereocenters. The molecule has 0 saturated carbocycles. The van der Waals surface area contributed by atoms with Crippen molar-refractivity contribution >= 4 is 22.4 Å². The van der Waals surface area contributed by atoms with Crippen LogP contribution in [0.1, 0.15) is 56.2 Å². The van der Waals surface area contributed by atoms with Crippen LogP contribution in [0.3, 0.4) is 0 Å². The molecule has 0 fully saturated rings. The molecule has 0 spiro atoms. The van der Waals surface area contributed by atoms with Crippen LogP contribution in [0.2, 0.25) is 0 Å². The van der Waals surface area contributed by atoms with Crippen LogP contribution < -0.4 is 5.32 Å². The van der Waals surface area contributed by atoms with E-state index in [0.717, 1.165) is 16.8 Å². The molecule has 3 aromatic rings. The number of carbonyl (C=O) groups excluding carboxylic acids is 1. The van der Waals surface area contributed by atoms with E-state index in [2.05, 4.69) is 74.4 Å². The Morgan fingerprint density at radius 2 is 1.48 bits per heavy atom. The number of nitrogens with zero attached hydrogens (tertiary/aromatic N) is 1. The highest BCUT2D eigenvalue weighted by atomic mass is 32.1. The summed E-state index contributed by atoms with van der Waals surface area (Å²) in [7, 11) is 0. The fraction of sp³-hybridized carbons (Fsp3) is 0.304. The van der Waals surface area contributed by atoms with Gasteiger partial charge in [-0.1, -0.05) is 76.2 Å². The van der Waals surface area contributed by atoms with Gasteiger partial charge in [-0.3, -0.25) is 4.79 Å². The molecule has 4 heteroatoms. The summed E-state index contributed by atoms with van der Waals surface area (Å²) < 4.78 is 0. The maximum atomic E-state index is 12.3. The van der Waals surface area contributed by atoms with Crippen LogP contribution in [-0.4, -0.2) is 10.9 Å². The van der Waals surface area contributed by atoms with Crippen molar-refractivity contribution < 1.29 is 4.79 Å². The van der Waals surface area contributed by atoms with Gasteiger partial charge in [0.2, 0.25) is 5.91 Å². The third kappa shape index (κ3) is 5.04. The van der Waals surface area contributed by atoms with E-state index in [1.807, 2.05) is 17.5 Å². The van der Waals surface area contributed by atoms with Gasteiger partial charge < -0.3 is 5.32 Å². The highest BCUT2D eigenvalue weighted by Gasteiger charge is 2.10. The maximum absolute atomic E-state index is 12.3. The Labute approximate surface area is 165 Å². The van der Waals surface area contributed by atoms with Crippen LogP contribution in [0.15, 0.2) is 53.9 Å². The molecule has 1 heterocycles. The molecule has 0 aliphatic carbocycles. The second kappa shape index (κ2) is 8.49. The van der Waals surface area contributed by atoms with Crippen molar-refractivity contribution in [3.63, 3.8) is 0 Å². The quantitative estimate of drug-likeness (QED) is 0.552. The van der Waals surface area contributed by atoms with Gasteiger partial charge in [-0.05, 0) is 28.5 Å². The van der Waals surface area contributed by atoms with Gasteiger partial charge in [-0.15, -0.1) is 11.3 Å². The predicted molar refractivity (Wildman–Crippen MR) is 115 cm³/mol. The molecule has 0 radical (unpaired) electrons. The SMILES string of the molecule is CC(C)c1ccc(CC(=O)Nc2nc(-c3ccc(C(C)C)cc3)cs2)cc1. The van der Waals surface area contributed by atoms with Crippen molar-refractivity contribution in [1.82, 2.24) is 4.98 Å². The first kappa shape index (κ1) is 19.3. The number of benzene rings is 2. The summed E-state index contributed by atoms with van der Waals surface area (Å²) in [4.78, 5) is 16.9. The minimum absolute atomic E-state index is 0.0386. The summed E-state index contributed by atoms with van der Waals surface area (Å²) in [5.41, 5.74) is 5.57. The van der Waals surface area contributed by atoms with Crippen molar-refractivity contribution in [3.8, 4) is 11.3 Å². The fourth-order valence-electron chi connectivity index (χ4n) is 2.87. The summed E-state index contributed by atoms with van der Waals surface area (Å²) in [5, 5.41) is 5.54. The summed E-state index contributed by atoms with van der Waals surface area (Å²) in [5.74, 6) is 0.971. The minimum Gasteiger partial charge on any atom is -0.302 e. The third-order valence-corrected chi connectivity index (χ3v) is 5.39. The van der Waals surface area contributed by atoms with Crippen LogP contribution in [-0.2, 0) is 11.2 Å². The molecule has 0 aliphatic rings. The Morgan fingerprint density at radius 1 is 0.926 bits per heavy atom. The van der Waals surface area contributed by atoms with Crippen LogP contribution in [0.4, 0.5) is 5.13 Å². The zero-order valence-corrected chi connectivity index (χ0v) is 17.1. The number of hydrogen-bond acceptors (Lipinski definition) is 3. The van der Waals surface area contributed by atoms with Gasteiger partial charge in [0.1, 0.15) is 0 Å². The van der Waals surface area contributed by atoms with Gasteiger partial charge in [0, 0.05) is 10.9 Å². The van der Waals surface area contributed by atoms with Gasteiger partial charge >= 0.3 is 0 Å². The van der Waals surface area contributed by atoms with Gasteiger partial charge in [-0.25, -0.2) is 4.98 Å².